The van der Waals surface area contributed by atoms with Crippen molar-refractivity contribution in [2.75, 3.05) is 5.32 Å². The Hall–Kier alpha value is -2.70. The first kappa shape index (κ1) is 16.8. The van der Waals surface area contributed by atoms with E-state index in [2.05, 4.69) is 31.2 Å². The van der Waals surface area contributed by atoms with E-state index in [4.69, 9.17) is 16.0 Å². The maximum Gasteiger partial charge on any atom is 0.255 e. The van der Waals surface area contributed by atoms with E-state index in [0.29, 0.717) is 33.3 Å². The molecule has 2 heterocycles. The normalized spacial score (nSPS) is 10.8. The van der Waals surface area contributed by atoms with Crippen LogP contribution in [0.4, 0.5) is 5.69 Å². The van der Waals surface area contributed by atoms with Crippen molar-refractivity contribution in [3.63, 3.8) is 0 Å². The highest BCUT2D eigenvalue weighted by molar-refractivity contribution is 9.10. The van der Waals surface area contributed by atoms with Gasteiger partial charge in [-0.2, -0.15) is 0 Å². The number of aromatic nitrogens is 2. The van der Waals surface area contributed by atoms with E-state index < -0.39 is 0 Å². The fourth-order valence-electron chi connectivity index (χ4n) is 2.49. The third kappa shape index (κ3) is 3.47. The minimum atomic E-state index is -0.244. The van der Waals surface area contributed by atoms with Gasteiger partial charge in [-0.15, -0.1) is 0 Å². The van der Waals surface area contributed by atoms with Crippen LogP contribution < -0.4 is 5.32 Å². The predicted octanol–water partition coefficient (Wildman–Crippen LogP) is 5.56. The molecule has 128 valence electrons. The number of hydrogen-bond donors (Lipinski definition) is 1. The number of benzene rings is 2. The van der Waals surface area contributed by atoms with Gasteiger partial charge >= 0.3 is 0 Å². The summed E-state index contributed by atoms with van der Waals surface area (Å²) in [5.41, 5.74) is 3.14. The number of carbonyl (C=O) groups excluding carboxylic acids is 1. The topological polar surface area (TPSA) is 68.0 Å². The summed E-state index contributed by atoms with van der Waals surface area (Å²) in [7, 11) is 0. The summed E-state index contributed by atoms with van der Waals surface area (Å²) in [6, 6.07) is 13.9. The standard InChI is InChI=1S/C19H11BrClN3O2/c20-13-6-12(9-22-10-13)19-24-16-8-15(4-5-17(16)26-19)23-18(25)11-2-1-3-14(21)7-11/h1-10H,(H,23,25). The van der Waals surface area contributed by atoms with Crippen molar-refractivity contribution in [1.29, 1.82) is 0 Å². The highest BCUT2D eigenvalue weighted by atomic mass is 79.9. The molecular formula is C19H11BrClN3O2. The van der Waals surface area contributed by atoms with Crippen LogP contribution in [0, 0.1) is 0 Å². The Bertz CT molecular complexity index is 1130. The Morgan fingerprint density at radius 3 is 2.81 bits per heavy atom. The molecule has 4 rings (SSSR count). The highest BCUT2D eigenvalue weighted by Crippen LogP contribution is 2.27. The van der Waals surface area contributed by atoms with Gasteiger partial charge in [0.15, 0.2) is 5.58 Å². The molecule has 0 saturated heterocycles. The molecule has 0 aliphatic rings. The molecule has 0 aliphatic carbocycles. The van der Waals surface area contributed by atoms with E-state index in [-0.39, 0.29) is 5.91 Å². The zero-order chi connectivity index (χ0) is 18.1. The second-order valence-electron chi connectivity index (χ2n) is 5.56. The number of amides is 1. The van der Waals surface area contributed by atoms with E-state index in [9.17, 15) is 4.79 Å². The average molecular weight is 429 g/mol. The number of nitrogens with one attached hydrogen (secondary N) is 1. The summed E-state index contributed by atoms with van der Waals surface area (Å²) in [6.45, 7) is 0. The molecule has 4 aromatic rings. The van der Waals surface area contributed by atoms with Gasteiger partial charge in [-0.3, -0.25) is 9.78 Å². The Labute approximate surface area is 162 Å². The summed E-state index contributed by atoms with van der Waals surface area (Å²) in [6.07, 6.45) is 3.37. The van der Waals surface area contributed by atoms with Crippen molar-refractivity contribution in [2.45, 2.75) is 0 Å². The molecule has 0 fully saturated rings. The molecule has 0 unspecified atom stereocenters. The van der Waals surface area contributed by atoms with E-state index >= 15 is 0 Å². The molecule has 26 heavy (non-hydrogen) atoms. The fourth-order valence-corrected chi connectivity index (χ4v) is 3.05. The largest absolute Gasteiger partial charge is 0.436 e. The van der Waals surface area contributed by atoms with E-state index in [1.54, 1.807) is 54.9 Å². The monoisotopic (exact) mass is 427 g/mol. The number of fused-ring (bicyclic) bond motifs is 1. The van der Waals surface area contributed by atoms with Gasteiger partial charge < -0.3 is 9.73 Å². The van der Waals surface area contributed by atoms with Crippen LogP contribution >= 0.6 is 27.5 Å². The Morgan fingerprint density at radius 1 is 1.12 bits per heavy atom. The van der Waals surface area contributed by atoms with Gasteiger partial charge in [-0.05, 0) is 58.4 Å². The number of carbonyl (C=O) groups is 1. The molecule has 1 N–H and O–H groups in total. The van der Waals surface area contributed by atoms with E-state index in [1.165, 1.54) is 0 Å². The lowest BCUT2D eigenvalue weighted by Gasteiger charge is -2.05. The lowest BCUT2D eigenvalue weighted by Crippen LogP contribution is -2.11. The number of pyridine rings is 1. The first-order chi connectivity index (χ1) is 12.6. The minimum Gasteiger partial charge on any atom is -0.436 e. The molecule has 0 aliphatic heterocycles. The van der Waals surface area contributed by atoms with Crippen molar-refractivity contribution < 1.29 is 9.21 Å². The lowest BCUT2D eigenvalue weighted by atomic mass is 10.2. The summed E-state index contributed by atoms with van der Waals surface area (Å²) in [5.74, 6) is 0.221. The van der Waals surface area contributed by atoms with Crippen molar-refractivity contribution >= 4 is 50.2 Å². The van der Waals surface area contributed by atoms with Crippen LogP contribution in [-0.2, 0) is 0 Å². The Kier molecular flexibility index (Phi) is 4.44. The van der Waals surface area contributed by atoms with Crippen LogP contribution in [0.25, 0.3) is 22.6 Å². The van der Waals surface area contributed by atoms with Crippen LogP contribution in [-0.4, -0.2) is 15.9 Å². The smallest absolute Gasteiger partial charge is 0.255 e. The molecule has 1 amide bonds. The Balaban J connectivity index is 1.62. The first-order valence-electron chi connectivity index (χ1n) is 7.67. The summed E-state index contributed by atoms with van der Waals surface area (Å²) in [4.78, 5) is 20.9. The van der Waals surface area contributed by atoms with Crippen molar-refractivity contribution in [2.24, 2.45) is 0 Å². The highest BCUT2D eigenvalue weighted by Gasteiger charge is 2.11. The zero-order valence-electron chi connectivity index (χ0n) is 13.2. The molecule has 7 heteroatoms. The van der Waals surface area contributed by atoms with Gasteiger partial charge in [0, 0.05) is 33.1 Å². The van der Waals surface area contributed by atoms with Crippen molar-refractivity contribution in [3.8, 4) is 11.5 Å². The van der Waals surface area contributed by atoms with Crippen LogP contribution in [0.3, 0.4) is 0 Å². The fraction of sp³-hybridized carbons (Fsp3) is 0. The maximum absolute atomic E-state index is 12.3. The maximum atomic E-state index is 12.3. The Morgan fingerprint density at radius 2 is 2.00 bits per heavy atom. The van der Waals surface area contributed by atoms with Gasteiger partial charge in [0.1, 0.15) is 5.52 Å². The van der Waals surface area contributed by atoms with Crippen LogP contribution in [0.15, 0.2) is 69.8 Å². The number of anilines is 1. The van der Waals surface area contributed by atoms with Gasteiger partial charge in [0.25, 0.3) is 5.91 Å². The number of oxazole rings is 1. The minimum absolute atomic E-state index is 0.244. The molecule has 0 bridgehead atoms. The van der Waals surface area contributed by atoms with Crippen LogP contribution in [0.5, 0.6) is 0 Å². The molecule has 5 nitrogen and oxygen atoms in total. The molecule has 2 aromatic heterocycles. The second-order valence-corrected chi connectivity index (χ2v) is 6.91. The molecule has 0 saturated carbocycles. The number of halogens is 2. The second kappa shape index (κ2) is 6.90. The number of rotatable bonds is 3. The summed E-state index contributed by atoms with van der Waals surface area (Å²) >= 11 is 9.31. The molecule has 0 radical (unpaired) electrons. The third-order valence-electron chi connectivity index (χ3n) is 3.68. The lowest BCUT2D eigenvalue weighted by molar-refractivity contribution is 0.102. The molecular weight excluding hydrogens is 418 g/mol. The first-order valence-corrected chi connectivity index (χ1v) is 8.84. The van der Waals surface area contributed by atoms with Crippen LogP contribution in [0.1, 0.15) is 10.4 Å². The van der Waals surface area contributed by atoms with E-state index in [0.717, 1.165) is 10.0 Å². The van der Waals surface area contributed by atoms with Crippen molar-refractivity contribution in [1.82, 2.24) is 9.97 Å². The van der Waals surface area contributed by atoms with Crippen LogP contribution in [0.2, 0.25) is 5.02 Å². The van der Waals surface area contributed by atoms with Crippen molar-refractivity contribution in [3.05, 3.63) is 76.0 Å². The quantitative estimate of drug-likeness (QED) is 0.464. The zero-order valence-corrected chi connectivity index (χ0v) is 15.6. The molecule has 0 atom stereocenters. The summed E-state index contributed by atoms with van der Waals surface area (Å²) < 4.78 is 6.61. The van der Waals surface area contributed by atoms with Gasteiger partial charge in [-0.1, -0.05) is 17.7 Å². The predicted molar refractivity (Wildman–Crippen MR) is 104 cm³/mol. The molecule has 0 spiro atoms. The average Bonchev–Trinajstić information content (AvgIpc) is 3.05. The number of hydrogen-bond acceptors (Lipinski definition) is 4. The number of nitrogens with zero attached hydrogens (tertiary/aromatic N) is 2. The van der Waals surface area contributed by atoms with Gasteiger partial charge in [-0.25, -0.2) is 4.98 Å². The van der Waals surface area contributed by atoms with Gasteiger partial charge in [0.05, 0.1) is 5.56 Å². The molecule has 2 aromatic carbocycles. The SMILES string of the molecule is O=C(Nc1ccc2oc(-c3cncc(Br)c3)nc2c1)c1cccc(Cl)c1. The summed E-state index contributed by atoms with van der Waals surface area (Å²) in [5, 5.41) is 3.35. The third-order valence-corrected chi connectivity index (χ3v) is 4.35. The van der Waals surface area contributed by atoms with Gasteiger partial charge in [0.2, 0.25) is 5.89 Å². The van der Waals surface area contributed by atoms with E-state index in [1.807, 2.05) is 6.07 Å².